The first kappa shape index (κ1) is 16.3. The highest BCUT2D eigenvalue weighted by molar-refractivity contribution is 5.67. The molecule has 112 valence electrons. The maximum absolute atomic E-state index is 11.4. The fourth-order valence-corrected chi connectivity index (χ4v) is 1.55. The summed E-state index contributed by atoms with van der Waals surface area (Å²) in [5.41, 5.74) is 1.43. The normalized spacial score (nSPS) is 11.0. The van der Waals surface area contributed by atoms with Gasteiger partial charge in [0.2, 0.25) is 0 Å². The molecule has 3 N–H and O–H groups in total. The van der Waals surface area contributed by atoms with Crippen molar-refractivity contribution in [2.45, 2.75) is 39.4 Å². The standard InChI is InChI=1S/C15H24N2O3/c1-15(2,3)20-14(19)17-10-4-9-16-13-7-5-12(11-18)6-8-13/h5-8,16,18H,4,9-11H2,1-3H3,(H,17,19). The molecule has 0 spiro atoms. The zero-order chi connectivity index (χ0) is 15.0. The number of carbonyl (C=O) groups is 1. The van der Waals surface area contributed by atoms with Crippen molar-refractivity contribution in [2.75, 3.05) is 18.4 Å². The molecule has 0 saturated heterocycles. The van der Waals surface area contributed by atoms with Crippen molar-refractivity contribution in [1.29, 1.82) is 0 Å². The molecule has 1 rings (SSSR count). The van der Waals surface area contributed by atoms with E-state index in [9.17, 15) is 4.79 Å². The van der Waals surface area contributed by atoms with Crippen LogP contribution in [-0.2, 0) is 11.3 Å². The number of alkyl carbamates (subject to hydrolysis) is 1. The lowest BCUT2D eigenvalue weighted by Crippen LogP contribution is -2.33. The average molecular weight is 280 g/mol. The third-order valence-corrected chi connectivity index (χ3v) is 2.49. The van der Waals surface area contributed by atoms with Gasteiger partial charge < -0.3 is 20.5 Å². The summed E-state index contributed by atoms with van der Waals surface area (Å²) in [5, 5.41) is 14.9. The van der Waals surface area contributed by atoms with E-state index in [1.54, 1.807) is 0 Å². The monoisotopic (exact) mass is 280 g/mol. The molecule has 5 heteroatoms. The molecule has 1 aromatic carbocycles. The SMILES string of the molecule is CC(C)(C)OC(=O)NCCCNc1ccc(CO)cc1. The van der Waals surface area contributed by atoms with E-state index in [2.05, 4.69) is 10.6 Å². The van der Waals surface area contributed by atoms with Crippen LogP contribution in [0.4, 0.5) is 10.5 Å². The van der Waals surface area contributed by atoms with E-state index in [-0.39, 0.29) is 12.7 Å². The Labute approximate surface area is 120 Å². The van der Waals surface area contributed by atoms with E-state index >= 15 is 0 Å². The van der Waals surface area contributed by atoms with Crippen LogP contribution >= 0.6 is 0 Å². The number of amides is 1. The molecule has 0 fully saturated rings. The van der Waals surface area contributed by atoms with Gasteiger partial charge in [0.05, 0.1) is 6.61 Å². The Morgan fingerprint density at radius 3 is 2.40 bits per heavy atom. The van der Waals surface area contributed by atoms with E-state index in [0.29, 0.717) is 6.54 Å². The first-order valence-corrected chi connectivity index (χ1v) is 6.81. The molecule has 5 nitrogen and oxygen atoms in total. The first-order valence-electron chi connectivity index (χ1n) is 6.81. The topological polar surface area (TPSA) is 70.6 Å². The molecular formula is C15H24N2O3. The fourth-order valence-electron chi connectivity index (χ4n) is 1.55. The number of nitrogens with one attached hydrogen (secondary N) is 2. The largest absolute Gasteiger partial charge is 0.444 e. The molecule has 0 atom stereocenters. The highest BCUT2D eigenvalue weighted by Gasteiger charge is 2.15. The third kappa shape index (κ3) is 6.99. The number of aliphatic hydroxyl groups is 1. The van der Waals surface area contributed by atoms with E-state index in [1.807, 2.05) is 45.0 Å². The smallest absolute Gasteiger partial charge is 0.407 e. The Hall–Kier alpha value is -1.75. The average Bonchev–Trinajstić information content (AvgIpc) is 2.37. The Balaban J connectivity index is 2.14. The molecule has 0 saturated carbocycles. The minimum absolute atomic E-state index is 0.0556. The van der Waals surface area contributed by atoms with Crippen LogP contribution in [0.3, 0.4) is 0 Å². The van der Waals surface area contributed by atoms with Crippen molar-refractivity contribution in [1.82, 2.24) is 5.32 Å². The van der Waals surface area contributed by atoms with Crippen molar-refractivity contribution in [3.05, 3.63) is 29.8 Å². The van der Waals surface area contributed by atoms with E-state index < -0.39 is 5.60 Å². The molecule has 1 amide bonds. The van der Waals surface area contributed by atoms with Gasteiger partial charge >= 0.3 is 6.09 Å². The Bertz CT molecular complexity index is 410. The number of anilines is 1. The first-order chi connectivity index (χ1) is 9.40. The number of hydrogen-bond acceptors (Lipinski definition) is 4. The maximum atomic E-state index is 11.4. The fraction of sp³-hybridized carbons (Fsp3) is 0.533. The van der Waals surface area contributed by atoms with Crippen LogP contribution in [0.25, 0.3) is 0 Å². The van der Waals surface area contributed by atoms with Crippen LogP contribution in [0.5, 0.6) is 0 Å². The summed E-state index contributed by atoms with van der Waals surface area (Å²) in [6, 6.07) is 7.60. The van der Waals surface area contributed by atoms with Crippen LogP contribution in [0.1, 0.15) is 32.8 Å². The van der Waals surface area contributed by atoms with E-state index in [4.69, 9.17) is 9.84 Å². The number of carbonyl (C=O) groups excluding carboxylic acids is 1. The van der Waals surface area contributed by atoms with Crippen molar-refractivity contribution in [3.8, 4) is 0 Å². The molecule has 0 radical (unpaired) electrons. The third-order valence-electron chi connectivity index (χ3n) is 2.49. The van der Waals surface area contributed by atoms with Crippen LogP contribution in [0.2, 0.25) is 0 Å². The highest BCUT2D eigenvalue weighted by Crippen LogP contribution is 2.09. The zero-order valence-corrected chi connectivity index (χ0v) is 12.4. The maximum Gasteiger partial charge on any atom is 0.407 e. The minimum Gasteiger partial charge on any atom is -0.444 e. The van der Waals surface area contributed by atoms with Crippen molar-refractivity contribution < 1.29 is 14.6 Å². The second-order valence-corrected chi connectivity index (χ2v) is 5.56. The van der Waals surface area contributed by atoms with Crippen molar-refractivity contribution in [3.63, 3.8) is 0 Å². The van der Waals surface area contributed by atoms with Gasteiger partial charge in [-0.05, 0) is 44.9 Å². The number of aliphatic hydroxyl groups excluding tert-OH is 1. The number of benzene rings is 1. The van der Waals surface area contributed by atoms with Crippen LogP contribution < -0.4 is 10.6 Å². The molecule has 0 aliphatic rings. The Morgan fingerprint density at radius 1 is 1.20 bits per heavy atom. The number of rotatable bonds is 6. The van der Waals surface area contributed by atoms with Crippen LogP contribution in [0.15, 0.2) is 24.3 Å². The van der Waals surface area contributed by atoms with Gasteiger partial charge in [-0.25, -0.2) is 4.79 Å². The second kappa shape index (κ2) is 7.75. The number of ether oxygens (including phenoxy) is 1. The zero-order valence-electron chi connectivity index (χ0n) is 12.4. The summed E-state index contributed by atoms with van der Waals surface area (Å²) in [6.45, 7) is 6.89. The molecule has 0 aliphatic heterocycles. The molecule has 0 aliphatic carbocycles. The molecule has 0 unspecified atom stereocenters. The number of hydrogen-bond donors (Lipinski definition) is 3. The quantitative estimate of drug-likeness (QED) is 0.700. The van der Waals surface area contributed by atoms with Gasteiger partial charge in [0.25, 0.3) is 0 Å². The molecule has 0 aromatic heterocycles. The summed E-state index contributed by atoms with van der Waals surface area (Å²) < 4.78 is 5.13. The lowest BCUT2D eigenvalue weighted by atomic mass is 10.2. The lowest BCUT2D eigenvalue weighted by Gasteiger charge is -2.19. The highest BCUT2D eigenvalue weighted by atomic mass is 16.6. The predicted molar refractivity (Wildman–Crippen MR) is 79.7 cm³/mol. The molecule has 0 heterocycles. The lowest BCUT2D eigenvalue weighted by molar-refractivity contribution is 0.0528. The van der Waals surface area contributed by atoms with Gasteiger partial charge in [0, 0.05) is 18.8 Å². The van der Waals surface area contributed by atoms with Crippen molar-refractivity contribution >= 4 is 11.8 Å². The van der Waals surface area contributed by atoms with Crippen LogP contribution in [-0.4, -0.2) is 29.9 Å². The summed E-state index contributed by atoms with van der Waals surface area (Å²) in [4.78, 5) is 11.4. The van der Waals surface area contributed by atoms with Gasteiger partial charge in [-0.1, -0.05) is 12.1 Å². The van der Waals surface area contributed by atoms with Gasteiger partial charge in [-0.2, -0.15) is 0 Å². The molecular weight excluding hydrogens is 256 g/mol. The second-order valence-electron chi connectivity index (χ2n) is 5.56. The summed E-state index contributed by atoms with van der Waals surface area (Å²) in [7, 11) is 0. The summed E-state index contributed by atoms with van der Waals surface area (Å²) in [5.74, 6) is 0. The molecule has 1 aromatic rings. The summed E-state index contributed by atoms with van der Waals surface area (Å²) >= 11 is 0. The summed E-state index contributed by atoms with van der Waals surface area (Å²) in [6.07, 6.45) is 0.422. The molecule has 0 bridgehead atoms. The van der Waals surface area contributed by atoms with Crippen molar-refractivity contribution in [2.24, 2.45) is 0 Å². The Morgan fingerprint density at radius 2 is 1.85 bits per heavy atom. The Kier molecular flexibility index (Phi) is 6.31. The van der Waals surface area contributed by atoms with E-state index in [0.717, 1.165) is 24.2 Å². The van der Waals surface area contributed by atoms with E-state index in [1.165, 1.54) is 0 Å². The van der Waals surface area contributed by atoms with Gasteiger partial charge in [-0.15, -0.1) is 0 Å². The predicted octanol–water partition coefficient (Wildman–Crippen LogP) is 2.51. The minimum atomic E-state index is -0.462. The molecule has 20 heavy (non-hydrogen) atoms. The van der Waals surface area contributed by atoms with Gasteiger partial charge in [0.1, 0.15) is 5.60 Å². The van der Waals surface area contributed by atoms with Crippen LogP contribution in [0, 0.1) is 0 Å². The van der Waals surface area contributed by atoms with Gasteiger partial charge in [0.15, 0.2) is 0 Å². The van der Waals surface area contributed by atoms with Gasteiger partial charge in [-0.3, -0.25) is 0 Å².